The van der Waals surface area contributed by atoms with Crippen molar-refractivity contribution in [3.8, 4) is 0 Å². The van der Waals surface area contributed by atoms with Crippen molar-refractivity contribution in [3.05, 3.63) is 62.6 Å². The number of rotatable bonds is 5. The summed E-state index contributed by atoms with van der Waals surface area (Å²) in [5.74, 6) is -0.126. The van der Waals surface area contributed by atoms with Gasteiger partial charge in [-0.25, -0.2) is 4.79 Å². The van der Waals surface area contributed by atoms with E-state index in [1.165, 1.54) is 4.57 Å². The summed E-state index contributed by atoms with van der Waals surface area (Å²) in [6.07, 6.45) is 5.30. The van der Waals surface area contributed by atoms with E-state index in [0.29, 0.717) is 23.0 Å². The van der Waals surface area contributed by atoms with Gasteiger partial charge in [0.1, 0.15) is 0 Å². The molecule has 0 bridgehead atoms. The number of carbonyl (C=O) groups excluding carboxylic acids is 1. The lowest BCUT2D eigenvalue weighted by Crippen LogP contribution is -2.35. The van der Waals surface area contributed by atoms with Crippen molar-refractivity contribution in [2.24, 2.45) is 0 Å². The first-order chi connectivity index (χ1) is 14.5. The van der Waals surface area contributed by atoms with Gasteiger partial charge in [0.15, 0.2) is 0 Å². The fourth-order valence-electron chi connectivity index (χ4n) is 4.09. The van der Waals surface area contributed by atoms with Crippen LogP contribution < -0.4 is 16.6 Å². The van der Waals surface area contributed by atoms with E-state index in [1.807, 2.05) is 23.0 Å². The number of amides is 1. The van der Waals surface area contributed by atoms with Crippen molar-refractivity contribution in [1.82, 2.24) is 29.5 Å². The number of nitrogens with one attached hydrogen (secondary N) is 2. The summed E-state index contributed by atoms with van der Waals surface area (Å²) in [5, 5.41) is 7.50. The van der Waals surface area contributed by atoms with E-state index in [9.17, 15) is 14.4 Å². The van der Waals surface area contributed by atoms with E-state index >= 15 is 0 Å². The van der Waals surface area contributed by atoms with Gasteiger partial charge in [0.05, 0.1) is 28.7 Å². The fraction of sp³-hybridized carbons (Fsp3) is 0.429. The molecular formula is C21H26N6O3. The maximum Gasteiger partial charge on any atom is 0.328 e. The Hall–Kier alpha value is -3.20. The molecule has 3 aromatic rings. The summed E-state index contributed by atoms with van der Waals surface area (Å²) in [6.45, 7) is 4.70. The fourth-order valence-corrected chi connectivity index (χ4v) is 4.09. The molecule has 1 fully saturated rings. The van der Waals surface area contributed by atoms with E-state index in [1.54, 1.807) is 26.2 Å². The second-order valence-electron chi connectivity index (χ2n) is 7.65. The number of likely N-dealkylation sites (tertiary alicyclic amines) is 1. The molecule has 1 amide bonds. The third kappa shape index (κ3) is 3.80. The lowest BCUT2D eigenvalue weighted by molar-refractivity contribution is 0.0963. The zero-order chi connectivity index (χ0) is 21.3. The Kier molecular flexibility index (Phi) is 5.54. The van der Waals surface area contributed by atoms with Gasteiger partial charge in [-0.15, -0.1) is 0 Å². The summed E-state index contributed by atoms with van der Waals surface area (Å²) in [6, 6.07) is 5.93. The number of carbonyl (C=O) groups is 1. The molecule has 0 saturated carbocycles. The van der Waals surface area contributed by atoms with Gasteiger partial charge in [-0.2, -0.15) is 5.10 Å². The molecule has 1 saturated heterocycles. The lowest BCUT2D eigenvalue weighted by Gasteiger charge is -2.32. The number of aromatic nitrogens is 4. The molecule has 0 aliphatic carbocycles. The molecule has 9 heteroatoms. The highest BCUT2D eigenvalue weighted by Crippen LogP contribution is 2.23. The summed E-state index contributed by atoms with van der Waals surface area (Å²) >= 11 is 0. The van der Waals surface area contributed by atoms with E-state index < -0.39 is 0 Å². The lowest BCUT2D eigenvalue weighted by atomic mass is 10.0. The molecule has 0 radical (unpaired) electrons. The highest BCUT2D eigenvalue weighted by Gasteiger charge is 2.22. The van der Waals surface area contributed by atoms with Gasteiger partial charge >= 0.3 is 5.69 Å². The Morgan fingerprint density at radius 1 is 1.27 bits per heavy atom. The molecule has 158 valence electrons. The van der Waals surface area contributed by atoms with Gasteiger partial charge in [-0.05, 0) is 37.5 Å². The first kappa shape index (κ1) is 20.1. The maximum atomic E-state index is 12.4. The van der Waals surface area contributed by atoms with E-state index in [2.05, 4.69) is 20.3 Å². The van der Waals surface area contributed by atoms with Crippen molar-refractivity contribution in [3.63, 3.8) is 0 Å². The molecule has 0 atom stereocenters. The molecule has 0 unspecified atom stereocenters. The predicted octanol–water partition coefficient (Wildman–Crippen LogP) is 1.10. The first-order valence-corrected chi connectivity index (χ1v) is 10.2. The predicted molar refractivity (Wildman–Crippen MR) is 114 cm³/mol. The number of piperidine rings is 1. The molecule has 1 aromatic carbocycles. The number of benzene rings is 1. The summed E-state index contributed by atoms with van der Waals surface area (Å²) in [5.41, 5.74) is 1.60. The first-order valence-electron chi connectivity index (χ1n) is 10.2. The molecule has 0 spiro atoms. The quantitative estimate of drug-likeness (QED) is 0.655. The van der Waals surface area contributed by atoms with Crippen LogP contribution in [0.3, 0.4) is 0 Å². The third-order valence-electron chi connectivity index (χ3n) is 5.79. The van der Waals surface area contributed by atoms with Crippen LogP contribution in [0.25, 0.3) is 10.9 Å². The minimum Gasteiger partial charge on any atom is -0.355 e. The van der Waals surface area contributed by atoms with Gasteiger partial charge in [-0.3, -0.25) is 23.7 Å². The number of H-pyrrole nitrogens is 1. The molecule has 2 aromatic heterocycles. The highest BCUT2D eigenvalue weighted by atomic mass is 16.2. The highest BCUT2D eigenvalue weighted by molar-refractivity contribution is 5.93. The topological polar surface area (TPSA) is 105 Å². The van der Waals surface area contributed by atoms with Gasteiger partial charge < -0.3 is 10.3 Å². The Morgan fingerprint density at radius 3 is 2.73 bits per heavy atom. The van der Waals surface area contributed by atoms with Crippen LogP contribution in [0.15, 0.2) is 40.2 Å². The second kappa shape index (κ2) is 8.27. The Labute approximate surface area is 173 Å². The average molecular weight is 410 g/mol. The normalized spacial score (nSPS) is 15.5. The Balaban J connectivity index is 1.43. The minimum atomic E-state index is -0.372. The smallest absolute Gasteiger partial charge is 0.328 e. The van der Waals surface area contributed by atoms with Crippen LogP contribution in [0.5, 0.6) is 0 Å². The number of hydrogen-bond acceptors (Lipinski definition) is 5. The zero-order valence-electron chi connectivity index (χ0n) is 17.2. The monoisotopic (exact) mass is 410 g/mol. The Bertz CT molecular complexity index is 1180. The standard InChI is InChI=1S/C21H26N6O3/c1-3-26-20(29)17-5-4-14(10-18(17)24-21(26)30)12-25-8-6-16(7-9-25)27-13-15(11-23-27)19(28)22-2/h4-5,10-11,13,16H,3,6-9,12H2,1-2H3,(H,22,28)(H,24,30). The SMILES string of the molecule is CCn1c(=O)[nH]c2cc(CN3CCC(n4cc(C(=O)NC)cn4)CC3)ccc2c1=O. The number of fused-ring (bicyclic) bond motifs is 1. The van der Waals surface area contributed by atoms with Gasteiger partial charge in [0, 0.05) is 39.4 Å². The minimum absolute atomic E-state index is 0.126. The summed E-state index contributed by atoms with van der Waals surface area (Å²) in [4.78, 5) is 41.4. The molecule has 9 nitrogen and oxygen atoms in total. The molecule has 4 rings (SSSR count). The van der Waals surface area contributed by atoms with Crippen molar-refractivity contribution in [2.45, 2.75) is 38.9 Å². The van der Waals surface area contributed by atoms with Crippen molar-refractivity contribution in [1.29, 1.82) is 0 Å². The molecule has 30 heavy (non-hydrogen) atoms. The van der Waals surface area contributed by atoms with Gasteiger partial charge in [0.2, 0.25) is 0 Å². The van der Waals surface area contributed by atoms with Crippen LogP contribution >= 0.6 is 0 Å². The zero-order valence-corrected chi connectivity index (χ0v) is 17.2. The van der Waals surface area contributed by atoms with Crippen LogP contribution in [0.4, 0.5) is 0 Å². The molecule has 1 aliphatic rings. The van der Waals surface area contributed by atoms with Crippen LogP contribution in [0.1, 0.15) is 41.7 Å². The van der Waals surface area contributed by atoms with E-state index in [0.717, 1.165) is 38.0 Å². The number of hydrogen-bond donors (Lipinski definition) is 2. The Morgan fingerprint density at radius 2 is 2.03 bits per heavy atom. The maximum absolute atomic E-state index is 12.4. The molecule has 1 aliphatic heterocycles. The number of nitrogens with zero attached hydrogens (tertiary/aromatic N) is 4. The van der Waals surface area contributed by atoms with Crippen LogP contribution in [-0.4, -0.2) is 50.3 Å². The second-order valence-corrected chi connectivity index (χ2v) is 7.65. The van der Waals surface area contributed by atoms with Crippen LogP contribution in [0, 0.1) is 0 Å². The molecule has 3 heterocycles. The van der Waals surface area contributed by atoms with E-state index in [4.69, 9.17) is 0 Å². The largest absolute Gasteiger partial charge is 0.355 e. The van der Waals surface area contributed by atoms with Crippen molar-refractivity contribution < 1.29 is 4.79 Å². The average Bonchev–Trinajstić information content (AvgIpc) is 3.24. The van der Waals surface area contributed by atoms with E-state index in [-0.39, 0.29) is 23.2 Å². The van der Waals surface area contributed by atoms with Crippen molar-refractivity contribution in [2.75, 3.05) is 20.1 Å². The van der Waals surface area contributed by atoms with Crippen molar-refractivity contribution >= 4 is 16.8 Å². The number of aromatic amines is 1. The van der Waals surface area contributed by atoms with Gasteiger partial charge in [0.25, 0.3) is 11.5 Å². The van der Waals surface area contributed by atoms with Crippen LogP contribution in [0.2, 0.25) is 0 Å². The van der Waals surface area contributed by atoms with Gasteiger partial charge in [-0.1, -0.05) is 6.07 Å². The summed E-state index contributed by atoms with van der Waals surface area (Å²) < 4.78 is 3.10. The van der Waals surface area contributed by atoms with Crippen LogP contribution in [-0.2, 0) is 13.1 Å². The third-order valence-corrected chi connectivity index (χ3v) is 5.79. The molecule has 2 N–H and O–H groups in total. The summed E-state index contributed by atoms with van der Waals surface area (Å²) in [7, 11) is 1.61. The molecular weight excluding hydrogens is 384 g/mol.